The lowest BCUT2D eigenvalue weighted by atomic mass is 9.48. The maximum atomic E-state index is 2.73. The molecule has 5 aromatic rings. The van der Waals surface area contributed by atoms with Gasteiger partial charge in [0.1, 0.15) is 0 Å². The molecule has 0 atom stereocenters. The Labute approximate surface area is 391 Å². The number of benzene rings is 5. The molecule has 0 saturated heterocycles. The molecular formula is C64H84. The van der Waals surface area contributed by atoms with E-state index in [0.29, 0.717) is 0 Å². The predicted molar refractivity (Wildman–Crippen MR) is 280 cm³/mol. The molecule has 340 valence electrons. The molecule has 0 spiro atoms. The van der Waals surface area contributed by atoms with Crippen LogP contribution in [-0.2, 0) is 37.9 Å². The van der Waals surface area contributed by atoms with Crippen LogP contribution in [0.1, 0.15) is 202 Å². The average Bonchev–Trinajstić information content (AvgIpc) is 3.17. The molecule has 4 aliphatic carbocycles. The van der Waals surface area contributed by atoms with Crippen LogP contribution in [0.4, 0.5) is 0 Å². The highest BCUT2D eigenvalue weighted by atomic mass is 14.6. The van der Waals surface area contributed by atoms with Crippen molar-refractivity contribution in [2.75, 3.05) is 0 Å². The smallest absolute Gasteiger partial charge is 0.00266 e. The summed E-state index contributed by atoms with van der Waals surface area (Å²) in [6, 6.07) is 37.8. The molecule has 0 aromatic heterocycles. The van der Waals surface area contributed by atoms with Gasteiger partial charge in [-0.1, -0.05) is 203 Å². The van der Waals surface area contributed by atoms with Gasteiger partial charge in [0.25, 0.3) is 0 Å². The van der Waals surface area contributed by atoms with Gasteiger partial charge in [-0.3, -0.25) is 0 Å². The molecule has 0 amide bonds. The van der Waals surface area contributed by atoms with Gasteiger partial charge in [-0.15, -0.1) is 0 Å². The minimum atomic E-state index is 0.00827. The van der Waals surface area contributed by atoms with E-state index in [4.69, 9.17) is 0 Å². The van der Waals surface area contributed by atoms with Gasteiger partial charge in [-0.2, -0.15) is 0 Å². The maximum absolute atomic E-state index is 2.73. The van der Waals surface area contributed by atoms with Crippen molar-refractivity contribution in [3.63, 3.8) is 0 Å². The van der Waals surface area contributed by atoms with Crippen LogP contribution in [0.3, 0.4) is 0 Å². The van der Waals surface area contributed by atoms with Crippen LogP contribution in [0.5, 0.6) is 0 Å². The summed E-state index contributed by atoms with van der Waals surface area (Å²) in [4.78, 5) is 0. The molecule has 4 fully saturated rings. The van der Waals surface area contributed by atoms with Gasteiger partial charge in [-0.25, -0.2) is 0 Å². The Balaban J connectivity index is 1.47. The first kappa shape index (κ1) is 46.6. The average molecular weight is 853 g/mol. The predicted octanol–water partition coefficient (Wildman–Crippen LogP) is 18.6. The summed E-state index contributed by atoms with van der Waals surface area (Å²) in [7, 11) is 0. The van der Waals surface area contributed by atoms with Gasteiger partial charge in [0.05, 0.1) is 0 Å². The van der Waals surface area contributed by atoms with Crippen LogP contribution >= 0.6 is 0 Å². The van der Waals surface area contributed by atoms with Crippen molar-refractivity contribution < 1.29 is 0 Å². The van der Waals surface area contributed by atoms with E-state index in [1.807, 2.05) is 0 Å². The van der Waals surface area contributed by atoms with Crippen LogP contribution in [0.2, 0.25) is 0 Å². The largest absolute Gasteiger partial charge is 0.0561 e. The van der Waals surface area contributed by atoms with E-state index in [0.717, 1.165) is 17.8 Å². The van der Waals surface area contributed by atoms with Crippen molar-refractivity contribution in [1.29, 1.82) is 0 Å². The second-order valence-corrected chi connectivity index (χ2v) is 27.6. The van der Waals surface area contributed by atoms with Gasteiger partial charge < -0.3 is 0 Å². The molecule has 64 heavy (non-hydrogen) atoms. The van der Waals surface area contributed by atoms with Gasteiger partial charge >= 0.3 is 0 Å². The first-order valence-electron chi connectivity index (χ1n) is 25.2. The van der Waals surface area contributed by atoms with Crippen molar-refractivity contribution in [2.45, 2.75) is 201 Å². The molecule has 0 radical (unpaired) electrons. The lowest BCUT2D eigenvalue weighted by Crippen LogP contribution is -2.48. The zero-order valence-electron chi connectivity index (χ0n) is 43.6. The summed E-state index contributed by atoms with van der Waals surface area (Å²) in [6.45, 7) is 42.7. The zero-order chi connectivity index (χ0) is 46.7. The summed E-state index contributed by atoms with van der Waals surface area (Å²) in [6.07, 6.45) is 8.39. The molecule has 0 aliphatic heterocycles. The van der Waals surface area contributed by atoms with Gasteiger partial charge in [-0.05, 0) is 190 Å². The molecule has 0 heteroatoms. The van der Waals surface area contributed by atoms with Crippen molar-refractivity contribution in [2.24, 2.45) is 17.8 Å². The van der Waals surface area contributed by atoms with Crippen molar-refractivity contribution >= 4 is 0 Å². The monoisotopic (exact) mass is 853 g/mol. The first-order chi connectivity index (χ1) is 29.4. The zero-order valence-corrected chi connectivity index (χ0v) is 43.6. The molecule has 4 aliphatic rings. The molecule has 4 bridgehead atoms. The van der Waals surface area contributed by atoms with E-state index < -0.39 is 0 Å². The minimum absolute atomic E-state index is 0.00827. The molecule has 4 saturated carbocycles. The van der Waals surface area contributed by atoms with Crippen molar-refractivity contribution in [3.8, 4) is 44.5 Å². The highest BCUT2D eigenvalue weighted by molar-refractivity contribution is 5.96. The molecule has 0 unspecified atom stereocenters. The van der Waals surface area contributed by atoms with E-state index in [9.17, 15) is 0 Å². The van der Waals surface area contributed by atoms with Crippen LogP contribution in [0, 0.1) is 17.8 Å². The number of hydrogen-bond donors (Lipinski definition) is 0. The van der Waals surface area contributed by atoms with Crippen molar-refractivity contribution in [3.05, 3.63) is 130 Å². The maximum Gasteiger partial charge on any atom is -0.00266 e. The summed E-state index contributed by atoms with van der Waals surface area (Å²) in [5, 5.41) is 0. The molecule has 0 nitrogen and oxygen atoms in total. The van der Waals surface area contributed by atoms with E-state index in [1.165, 1.54) is 116 Å². The van der Waals surface area contributed by atoms with E-state index in [-0.39, 0.29) is 37.9 Å². The van der Waals surface area contributed by atoms with E-state index >= 15 is 0 Å². The van der Waals surface area contributed by atoms with Crippen LogP contribution in [0.15, 0.2) is 91.0 Å². The van der Waals surface area contributed by atoms with E-state index in [1.54, 1.807) is 5.56 Å². The molecular weight excluding hydrogens is 769 g/mol. The Bertz CT molecular complexity index is 2310. The Morgan fingerprint density at radius 2 is 0.578 bits per heavy atom. The summed E-state index contributed by atoms with van der Waals surface area (Å²) in [5.74, 6) is 2.61. The van der Waals surface area contributed by atoms with Crippen LogP contribution in [-0.4, -0.2) is 0 Å². The third kappa shape index (κ3) is 9.25. The Morgan fingerprint density at radius 1 is 0.312 bits per heavy atom. The number of hydrogen-bond acceptors (Lipinski definition) is 0. The Hall–Kier alpha value is -3.90. The summed E-state index contributed by atoms with van der Waals surface area (Å²) >= 11 is 0. The molecule has 0 heterocycles. The normalized spacial score (nSPS) is 21.8. The van der Waals surface area contributed by atoms with Crippen LogP contribution < -0.4 is 0 Å². The third-order valence-electron chi connectivity index (χ3n) is 15.9. The molecule has 5 aromatic carbocycles. The quantitative estimate of drug-likeness (QED) is 0.165. The fraction of sp³-hybridized carbons (Fsp3) is 0.531. The summed E-state index contributed by atoms with van der Waals surface area (Å²) in [5.41, 5.74) is 21.2. The lowest BCUT2D eigenvalue weighted by Gasteiger charge is -2.57. The Kier molecular flexibility index (Phi) is 11.4. The third-order valence-corrected chi connectivity index (χ3v) is 15.9. The minimum Gasteiger partial charge on any atom is -0.0561 e. The fourth-order valence-corrected chi connectivity index (χ4v) is 12.0. The molecule has 0 N–H and O–H groups in total. The topological polar surface area (TPSA) is 0 Å². The van der Waals surface area contributed by atoms with Gasteiger partial charge in [0, 0.05) is 0 Å². The van der Waals surface area contributed by atoms with Crippen molar-refractivity contribution in [1.82, 2.24) is 0 Å². The standard InChI is InChI=1S/C64H84/c1-58(2,3)48-26-45(27-49(32-48)59(4,5)6)43-19-21-44(22-20-43)57-55(46-28-50(60(7,8)9)33-51(29-46)61(10,11)12)35-54(64-37-40-23-41(38-64)25-42(24-40)39-64)36-56(57)47-30-52(62(13,14)15)34-53(31-47)63(16,17)18/h19-22,26-36,40-42H,23-25,37-39H2,1-18H3. The van der Waals surface area contributed by atoms with Gasteiger partial charge in [0.15, 0.2) is 0 Å². The molecule has 9 rings (SSSR count). The van der Waals surface area contributed by atoms with E-state index in [2.05, 4.69) is 216 Å². The van der Waals surface area contributed by atoms with Crippen LogP contribution in [0.25, 0.3) is 44.5 Å². The highest BCUT2D eigenvalue weighted by Crippen LogP contribution is 2.62. The second kappa shape index (κ2) is 15.6. The lowest BCUT2D eigenvalue weighted by molar-refractivity contribution is -0.00514. The van der Waals surface area contributed by atoms with Gasteiger partial charge in [0.2, 0.25) is 0 Å². The first-order valence-corrected chi connectivity index (χ1v) is 25.2. The SMILES string of the molecule is CC(C)(C)c1cc(-c2ccc(-c3c(-c4cc(C(C)(C)C)cc(C(C)(C)C)c4)cc(C45CC6CC(CC(C6)C4)C5)cc3-c3cc(C(C)(C)C)cc(C(C)(C)C)c3)cc2)cc(C(C)(C)C)c1. The second-order valence-electron chi connectivity index (χ2n) is 27.6. The highest BCUT2D eigenvalue weighted by Gasteiger charge is 2.52. The fourth-order valence-electron chi connectivity index (χ4n) is 12.0. The number of rotatable bonds is 5. The summed E-state index contributed by atoms with van der Waals surface area (Å²) < 4.78 is 0. The Morgan fingerprint density at radius 3 is 0.859 bits per heavy atom.